The van der Waals surface area contributed by atoms with Crippen LogP contribution in [0.3, 0.4) is 0 Å². The fourth-order valence-corrected chi connectivity index (χ4v) is 2.58. The van der Waals surface area contributed by atoms with E-state index in [4.69, 9.17) is 26.0 Å². The maximum absolute atomic E-state index is 12.6. The number of unbranched alkanes of at least 4 members (excludes halogenated alkanes) is 1. The Morgan fingerprint density at radius 3 is 2.76 bits per heavy atom. The standard InChI is InChI=1S/C19H28N6O4/c1-3-29-19(27)25(12-13-7-6-8-14(11-13)28-2)17-15(20)16(21)23-18(24-17)22-9-4-5-10-26/h6-8,11,26H,3-5,9-10,12,20H2,1-2H3,(H3,21,22,23,24). The van der Waals surface area contributed by atoms with E-state index in [1.165, 1.54) is 4.90 Å². The second-order valence-corrected chi connectivity index (χ2v) is 6.16. The molecule has 1 aromatic carbocycles. The molecule has 1 aromatic heterocycles. The molecule has 0 unspecified atom stereocenters. The summed E-state index contributed by atoms with van der Waals surface area (Å²) in [4.78, 5) is 22.5. The van der Waals surface area contributed by atoms with E-state index in [0.29, 0.717) is 18.7 Å². The number of methoxy groups -OCH3 is 1. The zero-order valence-electron chi connectivity index (χ0n) is 16.7. The minimum atomic E-state index is -0.605. The van der Waals surface area contributed by atoms with Gasteiger partial charge in [0, 0.05) is 13.2 Å². The van der Waals surface area contributed by atoms with Crippen LogP contribution in [0.2, 0.25) is 0 Å². The lowest BCUT2D eigenvalue weighted by atomic mass is 10.2. The first-order chi connectivity index (χ1) is 14.0. The number of rotatable bonds is 10. The highest BCUT2D eigenvalue weighted by molar-refractivity contribution is 5.92. The molecule has 1 heterocycles. The van der Waals surface area contributed by atoms with Crippen molar-refractivity contribution in [2.75, 3.05) is 48.6 Å². The molecule has 2 aromatic rings. The number of carbonyl (C=O) groups excluding carboxylic acids is 1. The second kappa shape index (κ2) is 10.9. The first kappa shape index (κ1) is 22.0. The number of aliphatic hydroxyl groups is 1. The zero-order chi connectivity index (χ0) is 21.2. The highest BCUT2D eigenvalue weighted by Gasteiger charge is 2.24. The maximum atomic E-state index is 12.6. The molecule has 6 N–H and O–H groups in total. The molecule has 0 aliphatic rings. The molecule has 0 radical (unpaired) electrons. The van der Waals surface area contributed by atoms with Gasteiger partial charge >= 0.3 is 6.09 Å². The van der Waals surface area contributed by atoms with Gasteiger partial charge in [0.2, 0.25) is 5.95 Å². The van der Waals surface area contributed by atoms with Gasteiger partial charge in [0.05, 0.1) is 20.3 Å². The molecule has 10 nitrogen and oxygen atoms in total. The van der Waals surface area contributed by atoms with Gasteiger partial charge in [0.25, 0.3) is 0 Å². The Hall–Kier alpha value is -3.27. The van der Waals surface area contributed by atoms with Gasteiger partial charge < -0.3 is 31.4 Å². The molecule has 29 heavy (non-hydrogen) atoms. The summed E-state index contributed by atoms with van der Waals surface area (Å²) >= 11 is 0. The average Bonchev–Trinajstić information content (AvgIpc) is 2.72. The van der Waals surface area contributed by atoms with E-state index in [1.54, 1.807) is 20.1 Å². The molecule has 10 heteroatoms. The summed E-state index contributed by atoms with van der Waals surface area (Å²) in [6.45, 7) is 2.71. The minimum Gasteiger partial charge on any atom is -0.497 e. The number of hydrogen-bond acceptors (Lipinski definition) is 9. The van der Waals surface area contributed by atoms with Crippen LogP contribution in [-0.4, -0.2) is 48.0 Å². The Balaban J connectivity index is 2.35. The third-order valence-electron chi connectivity index (χ3n) is 4.04. The number of hydrogen-bond donors (Lipinski definition) is 4. The Kier molecular flexibility index (Phi) is 8.28. The highest BCUT2D eigenvalue weighted by atomic mass is 16.6. The first-order valence-electron chi connectivity index (χ1n) is 9.35. The molecule has 158 valence electrons. The van der Waals surface area contributed by atoms with E-state index >= 15 is 0 Å². The number of carbonyl (C=O) groups is 1. The van der Waals surface area contributed by atoms with Crippen LogP contribution < -0.4 is 26.4 Å². The van der Waals surface area contributed by atoms with Crippen molar-refractivity contribution in [2.45, 2.75) is 26.3 Å². The van der Waals surface area contributed by atoms with Crippen molar-refractivity contribution < 1.29 is 19.4 Å². The summed E-state index contributed by atoms with van der Waals surface area (Å²) in [5, 5.41) is 11.9. The molecule has 0 aliphatic heterocycles. The van der Waals surface area contributed by atoms with Gasteiger partial charge in [-0.2, -0.15) is 9.97 Å². The van der Waals surface area contributed by atoms with Gasteiger partial charge in [-0.1, -0.05) is 12.1 Å². The van der Waals surface area contributed by atoms with Crippen LogP contribution in [0.25, 0.3) is 0 Å². The number of nitrogen functional groups attached to an aromatic ring is 2. The van der Waals surface area contributed by atoms with Crippen LogP contribution in [0.15, 0.2) is 24.3 Å². The number of amides is 1. The molecule has 0 saturated carbocycles. The van der Waals surface area contributed by atoms with Gasteiger partial charge in [0.1, 0.15) is 11.4 Å². The number of aliphatic hydroxyl groups excluding tert-OH is 1. The monoisotopic (exact) mass is 404 g/mol. The lowest BCUT2D eigenvalue weighted by Gasteiger charge is -2.23. The molecule has 0 aliphatic carbocycles. The quantitative estimate of drug-likeness (QED) is 0.436. The Morgan fingerprint density at radius 2 is 2.07 bits per heavy atom. The molecule has 0 fully saturated rings. The molecular formula is C19H28N6O4. The van der Waals surface area contributed by atoms with Crippen LogP contribution in [0.4, 0.5) is 28.1 Å². The third kappa shape index (κ3) is 6.11. The van der Waals surface area contributed by atoms with Crippen molar-refractivity contribution in [1.82, 2.24) is 9.97 Å². The zero-order valence-corrected chi connectivity index (χ0v) is 16.7. The molecule has 0 bridgehead atoms. The Labute approximate surface area is 169 Å². The number of aromatic nitrogens is 2. The molecule has 0 spiro atoms. The summed E-state index contributed by atoms with van der Waals surface area (Å²) in [6, 6.07) is 7.29. The number of nitrogens with one attached hydrogen (secondary N) is 1. The van der Waals surface area contributed by atoms with E-state index < -0.39 is 6.09 Å². The van der Waals surface area contributed by atoms with E-state index in [1.807, 2.05) is 18.2 Å². The van der Waals surface area contributed by atoms with Crippen LogP contribution in [0.5, 0.6) is 5.75 Å². The van der Waals surface area contributed by atoms with Crippen LogP contribution in [0.1, 0.15) is 25.3 Å². The second-order valence-electron chi connectivity index (χ2n) is 6.16. The SMILES string of the molecule is CCOC(=O)N(Cc1cccc(OC)c1)c1nc(NCCCCO)nc(N)c1N. The third-order valence-corrected chi connectivity index (χ3v) is 4.04. The number of anilines is 4. The number of nitrogens with zero attached hydrogens (tertiary/aromatic N) is 3. The smallest absolute Gasteiger partial charge is 0.415 e. The van der Waals surface area contributed by atoms with Crippen LogP contribution in [0, 0.1) is 0 Å². The molecule has 0 atom stereocenters. The van der Waals surface area contributed by atoms with Crippen molar-refractivity contribution in [1.29, 1.82) is 0 Å². The topological polar surface area (TPSA) is 149 Å². The van der Waals surface area contributed by atoms with Crippen molar-refractivity contribution in [2.24, 2.45) is 0 Å². The number of nitrogens with two attached hydrogens (primary N) is 2. The highest BCUT2D eigenvalue weighted by Crippen LogP contribution is 2.29. The summed E-state index contributed by atoms with van der Waals surface area (Å²) in [7, 11) is 1.57. The lowest BCUT2D eigenvalue weighted by molar-refractivity contribution is 0.159. The predicted octanol–water partition coefficient (Wildman–Crippen LogP) is 2.00. The number of ether oxygens (including phenoxy) is 2. The van der Waals surface area contributed by atoms with Crippen molar-refractivity contribution in [3.05, 3.63) is 29.8 Å². The van der Waals surface area contributed by atoms with Crippen molar-refractivity contribution in [3.63, 3.8) is 0 Å². The molecular weight excluding hydrogens is 376 g/mol. The summed E-state index contributed by atoms with van der Waals surface area (Å²) in [6.07, 6.45) is 0.770. The molecule has 2 rings (SSSR count). The first-order valence-corrected chi connectivity index (χ1v) is 9.35. The van der Waals surface area contributed by atoms with Gasteiger partial charge in [-0.25, -0.2) is 4.79 Å². The summed E-state index contributed by atoms with van der Waals surface area (Å²) in [5.41, 5.74) is 12.9. The van der Waals surface area contributed by atoms with Crippen LogP contribution >= 0.6 is 0 Å². The Morgan fingerprint density at radius 1 is 1.28 bits per heavy atom. The van der Waals surface area contributed by atoms with Gasteiger partial charge in [0.15, 0.2) is 11.6 Å². The number of benzene rings is 1. The summed E-state index contributed by atoms with van der Waals surface area (Å²) < 4.78 is 10.4. The van der Waals surface area contributed by atoms with Gasteiger partial charge in [-0.3, -0.25) is 4.90 Å². The Bertz CT molecular complexity index is 817. The van der Waals surface area contributed by atoms with E-state index in [-0.39, 0.29) is 43.0 Å². The molecule has 1 amide bonds. The van der Waals surface area contributed by atoms with Crippen molar-refractivity contribution >= 4 is 29.4 Å². The van der Waals surface area contributed by atoms with E-state index in [2.05, 4.69) is 15.3 Å². The fraction of sp³-hybridized carbons (Fsp3) is 0.421. The van der Waals surface area contributed by atoms with E-state index in [0.717, 1.165) is 12.0 Å². The largest absolute Gasteiger partial charge is 0.497 e. The predicted molar refractivity (Wildman–Crippen MR) is 112 cm³/mol. The van der Waals surface area contributed by atoms with Gasteiger partial charge in [-0.05, 0) is 37.5 Å². The normalized spacial score (nSPS) is 10.4. The van der Waals surface area contributed by atoms with Gasteiger partial charge in [-0.15, -0.1) is 0 Å². The van der Waals surface area contributed by atoms with E-state index in [9.17, 15) is 4.79 Å². The lowest BCUT2D eigenvalue weighted by Crippen LogP contribution is -2.33. The van der Waals surface area contributed by atoms with Crippen LogP contribution in [-0.2, 0) is 11.3 Å². The average molecular weight is 404 g/mol. The summed E-state index contributed by atoms with van der Waals surface area (Å²) in [5.74, 6) is 1.11. The fourth-order valence-electron chi connectivity index (χ4n) is 2.58. The van der Waals surface area contributed by atoms with Crippen molar-refractivity contribution in [3.8, 4) is 5.75 Å². The maximum Gasteiger partial charge on any atom is 0.415 e. The molecule has 0 saturated heterocycles. The minimum absolute atomic E-state index is 0.0552.